The van der Waals surface area contributed by atoms with E-state index in [1.165, 1.54) is 0 Å². The molecule has 0 radical (unpaired) electrons. The number of hydrogen-bond acceptors (Lipinski definition) is 2. The van der Waals surface area contributed by atoms with Crippen LogP contribution >= 0.6 is 0 Å². The van der Waals surface area contributed by atoms with E-state index in [4.69, 9.17) is 0 Å². The Hall–Kier alpha value is -0.870. The van der Waals surface area contributed by atoms with Gasteiger partial charge in [-0.2, -0.15) is 8.42 Å². The third-order valence-corrected chi connectivity index (χ3v) is 4.72. The van der Waals surface area contributed by atoms with Crippen LogP contribution < -0.4 is 0 Å². The van der Waals surface area contributed by atoms with E-state index in [0.29, 0.717) is 5.56 Å². The van der Waals surface area contributed by atoms with Gasteiger partial charge in [-0.25, -0.2) is 0 Å². The molecule has 126 valence electrons. The summed E-state index contributed by atoms with van der Waals surface area (Å²) in [5.74, 6) is 0. The van der Waals surface area contributed by atoms with Crippen LogP contribution in [0.1, 0.15) is 79.0 Å². The molecule has 0 saturated heterocycles. The molecule has 0 bridgehead atoms. The fraction of sp³-hybridized carbons (Fsp3) is 0.667. The van der Waals surface area contributed by atoms with Gasteiger partial charge >= 0.3 is 0 Å². The van der Waals surface area contributed by atoms with Gasteiger partial charge in [-0.1, -0.05) is 68.4 Å². The first-order chi connectivity index (χ1) is 9.45. The molecule has 0 aliphatic rings. The van der Waals surface area contributed by atoms with Crippen molar-refractivity contribution in [2.75, 3.05) is 0 Å². The van der Waals surface area contributed by atoms with E-state index in [1.807, 2.05) is 26.8 Å². The van der Waals surface area contributed by atoms with Crippen molar-refractivity contribution in [3.63, 3.8) is 0 Å². The van der Waals surface area contributed by atoms with E-state index in [1.54, 1.807) is 6.07 Å². The summed E-state index contributed by atoms with van der Waals surface area (Å²) < 4.78 is 33.5. The predicted octanol–water partition coefficient (Wildman–Crippen LogP) is 4.83. The molecular weight excluding hydrogens is 296 g/mol. The van der Waals surface area contributed by atoms with Gasteiger partial charge in [0.25, 0.3) is 10.1 Å². The number of hydrogen-bond donors (Lipinski definition) is 1. The molecule has 0 aromatic heterocycles. The third kappa shape index (κ3) is 4.11. The quantitative estimate of drug-likeness (QED) is 0.752. The second kappa shape index (κ2) is 5.34. The van der Waals surface area contributed by atoms with Crippen LogP contribution in [0, 0.1) is 0 Å². The lowest BCUT2D eigenvalue weighted by Crippen LogP contribution is -2.26. The molecule has 3 nitrogen and oxygen atoms in total. The van der Waals surface area contributed by atoms with Gasteiger partial charge in [0, 0.05) is 0 Å². The Morgan fingerprint density at radius 2 is 1.00 bits per heavy atom. The second-order valence-corrected chi connectivity index (χ2v) is 10.5. The van der Waals surface area contributed by atoms with Crippen molar-refractivity contribution >= 4 is 10.1 Å². The monoisotopic (exact) mass is 326 g/mol. The minimum atomic E-state index is -4.26. The first kappa shape index (κ1) is 19.2. The van der Waals surface area contributed by atoms with Gasteiger partial charge in [-0.3, -0.25) is 4.55 Å². The van der Waals surface area contributed by atoms with Crippen LogP contribution in [0.25, 0.3) is 0 Å². The summed E-state index contributed by atoms with van der Waals surface area (Å²) in [5, 5.41) is 0. The molecule has 0 heterocycles. The molecule has 0 fully saturated rings. The summed E-state index contributed by atoms with van der Waals surface area (Å²) in [6, 6.07) is 3.63. The van der Waals surface area contributed by atoms with E-state index < -0.39 is 10.1 Å². The lowest BCUT2D eigenvalue weighted by atomic mass is 9.72. The largest absolute Gasteiger partial charge is 0.294 e. The zero-order valence-electron chi connectivity index (χ0n) is 15.3. The van der Waals surface area contributed by atoms with Crippen molar-refractivity contribution in [3.05, 3.63) is 28.8 Å². The Morgan fingerprint density at radius 3 is 1.27 bits per heavy atom. The molecule has 0 amide bonds. The maximum Gasteiger partial charge on any atom is 0.294 e. The zero-order chi connectivity index (χ0) is 17.7. The third-order valence-electron chi connectivity index (χ3n) is 3.82. The van der Waals surface area contributed by atoms with Crippen LogP contribution in [0.4, 0.5) is 0 Å². The summed E-state index contributed by atoms with van der Waals surface area (Å²) >= 11 is 0. The SMILES string of the molecule is CC(C)(C)c1cc(C(C)(C)C)c(S(=O)(=O)O)cc1C(C)(C)C. The highest BCUT2D eigenvalue weighted by Crippen LogP contribution is 2.40. The average molecular weight is 327 g/mol. The maximum absolute atomic E-state index is 11.9. The first-order valence-electron chi connectivity index (χ1n) is 7.62. The van der Waals surface area contributed by atoms with Crippen molar-refractivity contribution in [3.8, 4) is 0 Å². The smallest absolute Gasteiger partial charge is 0.282 e. The predicted molar refractivity (Wildman–Crippen MR) is 92.4 cm³/mol. The summed E-state index contributed by atoms with van der Waals surface area (Å²) in [6.45, 7) is 18.4. The Bertz CT molecular complexity index is 664. The minimum Gasteiger partial charge on any atom is -0.282 e. The van der Waals surface area contributed by atoms with Gasteiger partial charge in [0.1, 0.15) is 0 Å². The van der Waals surface area contributed by atoms with E-state index in [0.717, 1.165) is 11.1 Å². The molecule has 0 aliphatic heterocycles. The molecule has 1 aromatic carbocycles. The summed E-state index contributed by atoms with van der Waals surface area (Å²) in [7, 11) is -4.26. The second-order valence-electron chi connectivity index (χ2n) is 9.12. The highest BCUT2D eigenvalue weighted by molar-refractivity contribution is 7.85. The molecule has 0 unspecified atom stereocenters. The molecule has 0 atom stereocenters. The normalized spacial score (nSPS) is 14.3. The Labute approximate surface area is 135 Å². The van der Waals surface area contributed by atoms with E-state index in [9.17, 15) is 13.0 Å². The van der Waals surface area contributed by atoms with Gasteiger partial charge in [-0.15, -0.1) is 0 Å². The van der Waals surface area contributed by atoms with Gasteiger partial charge in [0.15, 0.2) is 0 Å². The van der Waals surface area contributed by atoms with E-state index in [2.05, 4.69) is 41.5 Å². The minimum absolute atomic E-state index is 0.0259. The number of benzene rings is 1. The summed E-state index contributed by atoms with van der Waals surface area (Å²) in [6.07, 6.45) is 0. The molecular formula is C18H30O3S. The molecule has 1 N–H and O–H groups in total. The standard InChI is InChI=1S/C18H30O3S/c1-16(2,3)12-10-14(18(7,8)9)15(22(19,20)21)11-13(12)17(4,5)6/h10-11H,1-9H3,(H,19,20,21). The summed E-state index contributed by atoms with van der Waals surface area (Å²) in [5.41, 5.74) is 2.05. The Kier molecular flexibility index (Phi) is 4.66. The lowest BCUT2D eigenvalue weighted by Gasteiger charge is -2.33. The fourth-order valence-electron chi connectivity index (χ4n) is 2.62. The Balaban J connectivity index is 3.98. The summed E-state index contributed by atoms with van der Waals surface area (Å²) in [4.78, 5) is 0.0259. The molecule has 0 spiro atoms. The first-order valence-corrected chi connectivity index (χ1v) is 9.06. The van der Waals surface area contributed by atoms with Crippen molar-refractivity contribution in [2.45, 2.75) is 83.5 Å². The average Bonchev–Trinajstić information content (AvgIpc) is 2.22. The topological polar surface area (TPSA) is 54.4 Å². The van der Waals surface area contributed by atoms with Gasteiger partial charge in [-0.05, 0) is 39.0 Å². The van der Waals surface area contributed by atoms with Gasteiger partial charge < -0.3 is 0 Å². The van der Waals surface area contributed by atoms with Crippen LogP contribution in [0.2, 0.25) is 0 Å². The maximum atomic E-state index is 11.9. The lowest BCUT2D eigenvalue weighted by molar-refractivity contribution is 0.472. The molecule has 1 rings (SSSR count). The van der Waals surface area contributed by atoms with Crippen LogP contribution in [-0.2, 0) is 26.4 Å². The highest BCUT2D eigenvalue weighted by atomic mass is 32.2. The van der Waals surface area contributed by atoms with Gasteiger partial charge in [0.2, 0.25) is 0 Å². The van der Waals surface area contributed by atoms with Crippen LogP contribution in [0.15, 0.2) is 17.0 Å². The van der Waals surface area contributed by atoms with Gasteiger partial charge in [0.05, 0.1) is 4.90 Å². The Morgan fingerprint density at radius 1 is 0.682 bits per heavy atom. The van der Waals surface area contributed by atoms with Crippen LogP contribution in [0.3, 0.4) is 0 Å². The molecule has 1 aromatic rings. The molecule has 4 heteroatoms. The molecule has 0 aliphatic carbocycles. The molecule has 0 saturated carbocycles. The van der Waals surface area contributed by atoms with Crippen molar-refractivity contribution in [1.29, 1.82) is 0 Å². The van der Waals surface area contributed by atoms with E-state index in [-0.39, 0.29) is 21.1 Å². The van der Waals surface area contributed by atoms with Crippen LogP contribution in [-0.4, -0.2) is 13.0 Å². The van der Waals surface area contributed by atoms with E-state index >= 15 is 0 Å². The number of rotatable bonds is 1. The van der Waals surface area contributed by atoms with Crippen molar-refractivity contribution < 1.29 is 13.0 Å². The van der Waals surface area contributed by atoms with Crippen molar-refractivity contribution in [2.24, 2.45) is 0 Å². The zero-order valence-corrected chi connectivity index (χ0v) is 16.1. The fourth-order valence-corrected chi connectivity index (χ4v) is 3.53. The molecule has 22 heavy (non-hydrogen) atoms. The van der Waals surface area contributed by atoms with Crippen LogP contribution in [0.5, 0.6) is 0 Å². The van der Waals surface area contributed by atoms with Crippen molar-refractivity contribution in [1.82, 2.24) is 0 Å². The highest BCUT2D eigenvalue weighted by Gasteiger charge is 2.32.